The van der Waals surface area contributed by atoms with E-state index in [2.05, 4.69) is 10.1 Å². The molecule has 1 rings (SSSR count). The van der Waals surface area contributed by atoms with E-state index >= 15 is 0 Å². The lowest BCUT2D eigenvalue weighted by Gasteiger charge is -2.12. The summed E-state index contributed by atoms with van der Waals surface area (Å²) in [4.78, 5) is 10.8. The molecule has 17 heavy (non-hydrogen) atoms. The van der Waals surface area contributed by atoms with Crippen LogP contribution in [-0.4, -0.2) is 19.6 Å². The van der Waals surface area contributed by atoms with E-state index in [0.29, 0.717) is 0 Å². The van der Waals surface area contributed by atoms with Gasteiger partial charge in [-0.15, -0.1) is 0 Å². The fraction of sp³-hybridized carbons (Fsp3) is 0.364. The van der Waals surface area contributed by atoms with Crippen molar-refractivity contribution in [3.8, 4) is 0 Å². The molecule has 6 heteroatoms. The highest BCUT2D eigenvalue weighted by Crippen LogP contribution is 2.31. The van der Waals surface area contributed by atoms with Crippen LogP contribution in [0.2, 0.25) is 0 Å². The van der Waals surface area contributed by atoms with Crippen LogP contribution in [0.3, 0.4) is 0 Å². The second-order valence-electron chi connectivity index (χ2n) is 3.33. The molecule has 0 aliphatic heterocycles. The number of methoxy groups -OCH3 is 1. The van der Waals surface area contributed by atoms with Crippen molar-refractivity contribution >= 4 is 5.97 Å². The van der Waals surface area contributed by atoms with Gasteiger partial charge in [-0.2, -0.15) is 13.2 Å². The van der Waals surface area contributed by atoms with Crippen molar-refractivity contribution in [1.29, 1.82) is 0 Å². The molecular formula is C11H12F3NO2. The van der Waals surface area contributed by atoms with Gasteiger partial charge in [-0.1, -0.05) is 18.2 Å². The highest BCUT2D eigenvalue weighted by molar-refractivity contribution is 5.71. The fourth-order valence-corrected chi connectivity index (χ4v) is 1.32. The summed E-state index contributed by atoms with van der Waals surface area (Å²) in [5.74, 6) is -0.519. The zero-order valence-corrected chi connectivity index (χ0v) is 9.17. The summed E-state index contributed by atoms with van der Waals surface area (Å²) in [7, 11) is 1.22. The average Bonchev–Trinajstić information content (AvgIpc) is 2.28. The standard InChI is InChI=1S/C11H12F3NO2/c1-17-10(16)7-15-6-8-4-2-3-5-9(8)11(12,13)14/h2-5,15H,6-7H2,1H3. The fourth-order valence-electron chi connectivity index (χ4n) is 1.32. The van der Waals surface area contributed by atoms with Gasteiger partial charge in [0.05, 0.1) is 19.2 Å². The Morgan fingerprint density at radius 2 is 2.00 bits per heavy atom. The number of carbonyl (C=O) groups is 1. The Morgan fingerprint density at radius 1 is 1.35 bits per heavy atom. The molecule has 0 spiro atoms. The first-order valence-corrected chi connectivity index (χ1v) is 4.88. The van der Waals surface area contributed by atoms with E-state index < -0.39 is 17.7 Å². The lowest BCUT2D eigenvalue weighted by atomic mass is 10.1. The summed E-state index contributed by atoms with van der Waals surface area (Å²) in [5, 5.41) is 2.59. The highest BCUT2D eigenvalue weighted by Gasteiger charge is 2.32. The van der Waals surface area contributed by atoms with Crippen LogP contribution < -0.4 is 5.32 Å². The van der Waals surface area contributed by atoms with Crippen LogP contribution in [0, 0.1) is 0 Å². The highest BCUT2D eigenvalue weighted by atomic mass is 19.4. The van der Waals surface area contributed by atoms with Gasteiger partial charge in [-0.05, 0) is 11.6 Å². The normalized spacial score (nSPS) is 11.3. The van der Waals surface area contributed by atoms with Crippen molar-refractivity contribution in [3.05, 3.63) is 35.4 Å². The summed E-state index contributed by atoms with van der Waals surface area (Å²) in [6, 6.07) is 5.22. The van der Waals surface area contributed by atoms with E-state index in [-0.39, 0.29) is 18.7 Å². The molecule has 0 bridgehead atoms. The molecule has 0 fully saturated rings. The molecule has 0 heterocycles. The van der Waals surface area contributed by atoms with Gasteiger partial charge in [-0.3, -0.25) is 4.79 Å². The third-order valence-corrected chi connectivity index (χ3v) is 2.14. The monoisotopic (exact) mass is 247 g/mol. The topological polar surface area (TPSA) is 38.3 Å². The number of hydrogen-bond donors (Lipinski definition) is 1. The molecule has 94 valence electrons. The first-order valence-electron chi connectivity index (χ1n) is 4.88. The first kappa shape index (κ1) is 13.5. The Labute approximate surface area is 96.6 Å². The molecule has 0 unspecified atom stereocenters. The van der Waals surface area contributed by atoms with E-state index in [9.17, 15) is 18.0 Å². The molecule has 1 N–H and O–H groups in total. The lowest BCUT2D eigenvalue weighted by Crippen LogP contribution is -2.24. The molecule has 0 aromatic heterocycles. The summed E-state index contributed by atoms with van der Waals surface area (Å²) >= 11 is 0. The molecule has 0 saturated carbocycles. The van der Waals surface area contributed by atoms with Crippen LogP contribution in [0.1, 0.15) is 11.1 Å². The number of rotatable bonds is 4. The van der Waals surface area contributed by atoms with Crippen molar-refractivity contribution in [2.45, 2.75) is 12.7 Å². The van der Waals surface area contributed by atoms with E-state index in [1.807, 2.05) is 0 Å². The van der Waals surface area contributed by atoms with Crippen molar-refractivity contribution in [2.24, 2.45) is 0 Å². The molecule has 0 aliphatic rings. The Hall–Kier alpha value is -1.56. The maximum absolute atomic E-state index is 12.6. The molecule has 1 aromatic carbocycles. The lowest BCUT2D eigenvalue weighted by molar-refractivity contribution is -0.139. The minimum Gasteiger partial charge on any atom is -0.468 e. The van der Waals surface area contributed by atoms with Gasteiger partial charge in [0.1, 0.15) is 0 Å². The van der Waals surface area contributed by atoms with Gasteiger partial charge in [-0.25, -0.2) is 0 Å². The molecule has 0 saturated heterocycles. The van der Waals surface area contributed by atoms with E-state index in [1.54, 1.807) is 0 Å². The van der Waals surface area contributed by atoms with Gasteiger partial charge in [0.25, 0.3) is 0 Å². The predicted molar refractivity (Wildman–Crippen MR) is 55.2 cm³/mol. The number of alkyl halides is 3. The largest absolute Gasteiger partial charge is 0.468 e. The molecule has 1 aromatic rings. The van der Waals surface area contributed by atoms with Gasteiger partial charge in [0.15, 0.2) is 0 Å². The van der Waals surface area contributed by atoms with Gasteiger partial charge in [0.2, 0.25) is 0 Å². The van der Waals surface area contributed by atoms with E-state index in [1.165, 1.54) is 25.3 Å². The third-order valence-electron chi connectivity index (χ3n) is 2.14. The van der Waals surface area contributed by atoms with Gasteiger partial charge >= 0.3 is 12.1 Å². The minimum absolute atomic E-state index is 0.0369. The van der Waals surface area contributed by atoms with Gasteiger partial charge in [0, 0.05) is 6.54 Å². The smallest absolute Gasteiger partial charge is 0.416 e. The Kier molecular flexibility index (Phi) is 4.51. The summed E-state index contributed by atoms with van der Waals surface area (Å²) < 4.78 is 42.1. The number of halogens is 3. The maximum Gasteiger partial charge on any atom is 0.416 e. The van der Waals surface area contributed by atoms with Crippen LogP contribution in [-0.2, 0) is 22.3 Å². The third kappa shape index (κ3) is 4.07. The number of hydrogen-bond acceptors (Lipinski definition) is 3. The predicted octanol–water partition coefficient (Wildman–Crippen LogP) is 1.97. The second kappa shape index (κ2) is 5.67. The van der Waals surface area contributed by atoms with Crippen LogP contribution in [0.5, 0.6) is 0 Å². The number of benzene rings is 1. The van der Waals surface area contributed by atoms with Crippen LogP contribution in [0.15, 0.2) is 24.3 Å². The van der Waals surface area contributed by atoms with Gasteiger partial charge < -0.3 is 10.1 Å². The van der Waals surface area contributed by atoms with Crippen molar-refractivity contribution in [3.63, 3.8) is 0 Å². The van der Waals surface area contributed by atoms with Crippen molar-refractivity contribution in [2.75, 3.05) is 13.7 Å². The number of nitrogens with one attached hydrogen (secondary N) is 1. The Balaban J connectivity index is 2.68. The quantitative estimate of drug-likeness (QED) is 0.827. The maximum atomic E-state index is 12.6. The zero-order chi connectivity index (χ0) is 12.9. The van der Waals surface area contributed by atoms with Crippen LogP contribution in [0.4, 0.5) is 13.2 Å². The Morgan fingerprint density at radius 3 is 2.59 bits per heavy atom. The average molecular weight is 247 g/mol. The Bertz CT molecular complexity index is 391. The number of esters is 1. The van der Waals surface area contributed by atoms with E-state index in [4.69, 9.17) is 0 Å². The molecule has 0 amide bonds. The second-order valence-corrected chi connectivity index (χ2v) is 3.33. The number of ether oxygens (including phenoxy) is 1. The molecule has 0 atom stereocenters. The molecular weight excluding hydrogens is 235 g/mol. The van der Waals surface area contributed by atoms with E-state index in [0.717, 1.165) is 6.07 Å². The number of carbonyl (C=O) groups excluding carboxylic acids is 1. The first-order chi connectivity index (χ1) is 7.95. The molecule has 3 nitrogen and oxygen atoms in total. The van der Waals surface area contributed by atoms with Crippen molar-refractivity contribution < 1.29 is 22.7 Å². The van der Waals surface area contributed by atoms with Crippen LogP contribution >= 0.6 is 0 Å². The molecule has 0 radical (unpaired) electrons. The summed E-state index contributed by atoms with van der Waals surface area (Å²) in [6.07, 6.45) is -4.39. The van der Waals surface area contributed by atoms with Crippen molar-refractivity contribution in [1.82, 2.24) is 5.32 Å². The minimum atomic E-state index is -4.39. The van der Waals surface area contributed by atoms with Crippen LogP contribution in [0.25, 0.3) is 0 Å². The summed E-state index contributed by atoms with van der Waals surface area (Å²) in [5.41, 5.74) is -0.596. The summed E-state index contributed by atoms with van der Waals surface area (Å²) in [6.45, 7) is -0.159. The zero-order valence-electron chi connectivity index (χ0n) is 9.17. The SMILES string of the molecule is COC(=O)CNCc1ccccc1C(F)(F)F. The molecule has 0 aliphatic carbocycles.